The number of allylic oxidation sites excluding steroid dienone is 2. The van der Waals surface area contributed by atoms with E-state index in [0.717, 1.165) is 0 Å². The lowest BCUT2D eigenvalue weighted by atomic mass is 10.0. The molecule has 0 radical (unpaired) electrons. The fourth-order valence-electron chi connectivity index (χ4n) is 1.76. The van der Waals surface area contributed by atoms with E-state index < -0.39 is 0 Å². The summed E-state index contributed by atoms with van der Waals surface area (Å²) >= 11 is 0. The normalized spacial score (nSPS) is 14.7. The van der Waals surface area contributed by atoms with E-state index in [1.54, 1.807) is 18.3 Å². The van der Waals surface area contributed by atoms with Gasteiger partial charge in [-0.05, 0) is 24.3 Å². The van der Waals surface area contributed by atoms with Gasteiger partial charge in [-0.3, -0.25) is 14.6 Å². The van der Waals surface area contributed by atoms with E-state index in [2.05, 4.69) is 9.97 Å². The van der Waals surface area contributed by atoms with E-state index in [-0.39, 0.29) is 11.6 Å². The third kappa shape index (κ3) is 0.985. The lowest BCUT2D eigenvalue weighted by Gasteiger charge is -2.01. The Morgan fingerprint density at radius 3 is 2.80 bits per heavy atom. The molecular formula is C11H6N2O2. The Morgan fingerprint density at radius 2 is 1.93 bits per heavy atom. The minimum Gasteiger partial charge on any atom is -0.350 e. The first-order valence-electron chi connectivity index (χ1n) is 4.51. The number of nitrogens with one attached hydrogen (secondary N) is 1. The molecule has 0 atom stereocenters. The average molecular weight is 198 g/mol. The van der Waals surface area contributed by atoms with Gasteiger partial charge in [-0.15, -0.1) is 0 Å². The fourth-order valence-corrected chi connectivity index (χ4v) is 1.76. The van der Waals surface area contributed by atoms with Crippen molar-refractivity contribution < 1.29 is 9.59 Å². The predicted molar refractivity (Wildman–Crippen MR) is 53.9 cm³/mol. The van der Waals surface area contributed by atoms with Gasteiger partial charge in [0.05, 0.1) is 16.6 Å². The Labute approximate surface area is 84.6 Å². The van der Waals surface area contributed by atoms with Gasteiger partial charge in [0.25, 0.3) is 0 Å². The molecule has 4 heteroatoms. The highest BCUT2D eigenvalue weighted by molar-refractivity contribution is 6.26. The van der Waals surface area contributed by atoms with Gasteiger partial charge in [0, 0.05) is 6.20 Å². The summed E-state index contributed by atoms with van der Waals surface area (Å²) < 4.78 is 0. The molecule has 1 aliphatic carbocycles. The minimum absolute atomic E-state index is 0.172. The summed E-state index contributed by atoms with van der Waals surface area (Å²) in [7, 11) is 0. The summed E-state index contributed by atoms with van der Waals surface area (Å²) in [4.78, 5) is 30.1. The lowest BCUT2D eigenvalue weighted by molar-refractivity contribution is 0.0993. The summed E-state index contributed by atoms with van der Waals surface area (Å²) in [6, 6.07) is 3.55. The number of ketones is 2. The number of rotatable bonds is 0. The molecule has 0 spiro atoms. The average Bonchev–Trinajstić information content (AvgIpc) is 2.64. The van der Waals surface area contributed by atoms with Crippen molar-refractivity contribution in [1.82, 2.24) is 9.97 Å². The summed E-state index contributed by atoms with van der Waals surface area (Å²) in [6.45, 7) is 0. The van der Waals surface area contributed by atoms with Gasteiger partial charge in [0.15, 0.2) is 5.78 Å². The number of hydrogen-bond donors (Lipinski definition) is 1. The second kappa shape index (κ2) is 2.63. The molecule has 0 amide bonds. The van der Waals surface area contributed by atoms with E-state index in [1.807, 2.05) is 0 Å². The molecular weight excluding hydrogens is 192 g/mol. The van der Waals surface area contributed by atoms with Gasteiger partial charge in [-0.25, -0.2) is 0 Å². The number of H-pyrrole nitrogens is 1. The SMILES string of the molecule is O=C1C=CC(=O)c2c1[nH]c1cccnc21. The highest BCUT2D eigenvalue weighted by Gasteiger charge is 2.24. The maximum Gasteiger partial charge on any atom is 0.202 e. The number of nitrogens with zero attached hydrogens (tertiary/aromatic N) is 1. The third-order valence-electron chi connectivity index (χ3n) is 2.43. The van der Waals surface area contributed by atoms with Crippen LogP contribution in [-0.4, -0.2) is 21.5 Å². The number of aromatic amines is 1. The lowest BCUT2D eigenvalue weighted by Crippen LogP contribution is -2.10. The number of aromatic nitrogens is 2. The quantitative estimate of drug-likeness (QED) is 0.697. The molecule has 3 rings (SSSR count). The van der Waals surface area contributed by atoms with Crippen molar-refractivity contribution in [2.45, 2.75) is 0 Å². The minimum atomic E-state index is -0.178. The number of carbonyl (C=O) groups excluding carboxylic acids is 2. The van der Waals surface area contributed by atoms with Crippen LogP contribution in [0.5, 0.6) is 0 Å². The van der Waals surface area contributed by atoms with Crippen molar-refractivity contribution >= 4 is 22.6 Å². The van der Waals surface area contributed by atoms with Crippen LogP contribution in [0.25, 0.3) is 11.0 Å². The number of pyridine rings is 1. The topological polar surface area (TPSA) is 62.8 Å². The van der Waals surface area contributed by atoms with Crippen molar-refractivity contribution in [2.75, 3.05) is 0 Å². The Morgan fingerprint density at radius 1 is 1.13 bits per heavy atom. The molecule has 15 heavy (non-hydrogen) atoms. The zero-order chi connectivity index (χ0) is 10.4. The molecule has 0 bridgehead atoms. The highest BCUT2D eigenvalue weighted by Crippen LogP contribution is 2.24. The van der Waals surface area contributed by atoms with Gasteiger partial charge in [0.1, 0.15) is 5.69 Å². The molecule has 0 aliphatic heterocycles. The van der Waals surface area contributed by atoms with E-state index >= 15 is 0 Å². The standard InChI is InChI=1S/C11H6N2O2/c14-7-3-4-8(15)11-9(7)10-6(13-11)2-1-5-12-10/h1-5,13H. The maximum absolute atomic E-state index is 11.6. The van der Waals surface area contributed by atoms with Crippen LogP contribution in [0.15, 0.2) is 30.5 Å². The fraction of sp³-hybridized carbons (Fsp3) is 0. The first-order chi connectivity index (χ1) is 7.27. The summed E-state index contributed by atoms with van der Waals surface area (Å²) in [5.41, 5.74) is 2.01. The summed E-state index contributed by atoms with van der Waals surface area (Å²) in [5.74, 6) is -0.350. The molecule has 0 fully saturated rings. The van der Waals surface area contributed by atoms with E-state index in [0.29, 0.717) is 22.3 Å². The molecule has 0 saturated carbocycles. The summed E-state index contributed by atoms with van der Waals surface area (Å²) in [6.07, 6.45) is 4.17. The van der Waals surface area contributed by atoms with Crippen LogP contribution < -0.4 is 0 Å². The molecule has 1 N–H and O–H groups in total. The van der Waals surface area contributed by atoms with Crippen LogP contribution in [0, 0.1) is 0 Å². The Kier molecular flexibility index (Phi) is 1.42. The molecule has 2 heterocycles. The van der Waals surface area contributed by atoms with Gasteiger partial charge in [-0.2, -0.15) is 0 Å². The largest absolute Gasteiger partial charge is 0.350 e. The highest BCUT2D eigenvalue weighted by atomic mass is 16.1. The van der Waals surface area contributed by atoms with Crippen LogP contribution in [0.1, 0.15) is 20.8 Å². The number of carbonyl (C=O) groups is 2. The second-order valence-corrected chi connectivity index (χ2v) is 3.34. The number of hydrogen-bond acceptors (Lipinski definition) is 3. The van der Waals surface area contributed by atoms with Gasteiger partial charge in [0.2, 0.25) is 5.78 Å². The first kappa shape index (κ1) is 8.11. The second-order valence-electron chi connectivity index (χ2n) is 3.34. The molecule has 4 nitrogen and oxygen atoms in total. The Bertz CT molecular complexity index is 623. The monoisotopic (exact) mass is 198 g/mol. The molecule has 0 aromatic carbocycles. The van der Waals surface area contributed by atoms with Gasteiger partial charge >= 0.3 is 0 Å². The van der Waals surface area contributed by atoms with Crippen molar-refractivity contribution in [2.24, 2.45) is 0 Å². The van der Waals surface area contributed by atoms with Crippen molar-refractivity contribution in [3.8, 4) is 0 Å². The van der Waals surface area contributed by atoms with E-state index in [1.165, 1.54) is 12.2 Å². The smallest absolute Gasteiger partial charge is 0.202 e. The zero-order valence-corrected chi connectivity index (χ0v) is 7.65. The molecule has 2 aromatic rings. The third-order valence-corrected chi connectivity index (χ3v) is 2.43. The van der Waals surface area contributed by atoms with Gasteiger partial charge < -0.3 is 4.98 Å². The Hall–Kier alpha value is -2.23. The van der Waals surface area contributed by atoms with E-state index in [9.17, 15) is 9.59 Å². The zero-order valence-electron chi connectivity index (χ0n) is 7.65. The molecule has 0 unspecified atom stereocenters. The van der Waals surface area contributed by atoms with Crippen LogP contribution >= 0.6 is 0 Å². The molecule has 72 valence electrons. The maximum atomic E-state index is 11.6. The molecule has 1 aliphatic rings. The first-order valence-corrected chi connectivity index (χ1v) is 4.51. The summed E-state index contributed by atoms with van der Waals surface area (Å²) in [5, 5.41) is 0. The number of fused-ring (bicyclic) bond motifs is 3. The van der Waals surface area contributed by atoms with Crippen LogP contribution in [0.2, 0.25) is 0 Å². The Balaban J connectivity index is 2.47. The van der Waals surface area contributed by atoms with Crippen LogP contribution in [0.4, 0.5) is 0 Å². The van der Waals surface area contributed by atoms with Crippen molar-refractivity contribution in [3.05, 3.63) is 41.7 Å². The molecule has 2 aromatic heterocycles. The van der Waals surface area contributed by atoms with Crippen molar-refractivity contribution in [3.63, 3.8) is 0 Å². The predicted octanol–water partition coefficient (Wildman–Crippen LogP) is 1.50. The van der Waals surface area contributed by atoms with Crippen LogP contribution in [-0.2, 0) is 0 Å². The molecule has 0 saturated heterocycles. The van der Waals surface area contributed by atoms with E-state index in [4.69, 9.17) is 0 Å². The van der Waals surface area contributed by atoms with Crippen LogP contribution in [0.3, 0.4) is 0 Å². The van der Waals surface area contributed by atoms with Gasteiger partial charge in [-0.1, -0.05) is 0 Å². The van der Waals surface area contributed by atoms with Crippen molar-refractivity contribution in [1.29, 1.82) is 0 Å².